The van der Waals surface area contributed by atoms with E-state index in [2.05, 4.69) is 17.3 Å². The summed E-state index contributed by atoms with van der Waals surface area (Å²) in [5.74, 6) is -0.0301. The molecule has 3 N–H and O–H groups in total. The summed E-state index contributed by atoms with van der Waals surface area (Å²) in [5, 5.41) is 3.02. The van der Waals surface area contributed by atoms with E-state index < -0.39 is 5.54 Å². The third-order valence-corrected chi connectivity index (χ3v) is 5.98. The van der Waals surface area contributed by atoms with Gasteiger partial charge in [0, 0.05) is 37.4 Å². The fourth-order valence-electron chi connectivity index (χ4n) is 4.12. The van der Waals surface area contributed by atoms with Crippen LogP contribution in [0.2, 0.25) is 0 Å². The Hall–Kier alpha value is -1.92. The molecule has 0 spiro atoms. The van der Waals surface area contributed by atoms with Crippen LogP contribution in [0.3, 0.4) is 0 Å². The Kier molecular flexibility index (Phi) is 6.17. The lowest BCUT2D eigenvalue weighted by molar-refractivity contribution is -0.132. The van der Waals surface area contributed by atoms with Crippen molar-refractivity contribution in [1.82, 2.24) is 9.80 Å². The van der Waals surface area contributed by atoms with E-state index in [4.69, 9.17) is 5.73 Å². The monoisotopic (exact) mass is 372 g/mol. The molecule has 1 aliphatic carbocycles. The van der Waals surface area contributed by atoms with Crippen molar-refractivity contribution in [3.05, 3.63) is 29.8 Å². The first-order valence-electron chi connectivity index (χ1n) is 10.0. The van der Waals surface area contributed by atoms with Crippen molar-refractivity contribution in [3.63, 3.8) is 0 Å². The van der Waals surface area contributed by atoms with Crippen molar-refractivity contribution < 1.29 is 9.59 Å². The molecule has 0 aromatic heterocycles. The minimum absolute atomic E-state index is 0.0118. The van der Waals surface area contributed by atoms with Crippen LogP contribution in [0.4, 0.5) is 5.69 Å². The van der Waals surface area contributed by atoms with Gasteiger partial charge in [-0.2, -0.15) is 0 Å². The van der Waals surface area contributed by atoms with E-state index in [1.807, 2.05) is 36.1 Å². The maximum atomic E-state index is 12.7. The Balaban J connectivity index is 1.60. The van der Waals surface area contributed by atoms with E-state index >= 15 is 0 Å². The number of carbonyl (C=O) groups is 2. The molecule has 6 nitrogen and oxygen atoms in total. The molecule has 1 saturated heterocycles. The Morgan fingerprint density at radius 3 is 2.67 bits per heavy atom. The molecule has 2 aliphatic rings. The predicted molar refractivity (Wildman–Crippen MR) is 107 cm³/mol. The number of piperazine rings is 1. The normalized spacial score (nSPS) is 26.6. The van der Waals surface area contributed by atoms with Crippen LogP contribution in [-0.4, -0.2) is 60.4 Å². The Labute approximate surface area is 162 Å². The molecule has 148 valence electrons. The van der Waals surface area contributed by atoms with E-state index in [1.54, 1.807) is 0 Å². The van der Waals surface area contributed by atoms with Crippen LogP contribution < -0.4 is 11.1 Å². The van der Waals surface area contributed by atoms with Gasteiger partial charge in [0.1, 0.15) is 0 Å². The summed E-state index contributed by atoms with van der Waals surface area (Å²) in [5.41, 5.74) is 7.57. The van der Waals surface area contributed by atoms with Crippen LogP contribution >= 0.6 is 0 Å². The van der Waals surface area contributed by atoms with Gasteiger partial charge in [-0.15, -0.1) is 0 Å². The second-order valence-corrected chi connectivity index (χ2v) is 8.35. The van der Waals surface area contributed by atoms with Crippen LogP contribution in [0, 0.1) is 5.92 Å². The zero-order chi connectivity index (χ0) is 19.4. The van der Waals surface area contributed by atoms with Crippen LogP contribution in [0.15, 0.2) is 24.3 Å². The molecule has 27 heavy (non-hydrogen) atoms. The highest BCUT2D eigenvalue weighted by molar-refractivity contribution is 5.93. The first kappa shape index (κ1) is 19.8. The number of nitrogens with one attached hydrogen (secondary N) is 1. The van der Waals surface area contributed by atoms with Crippen molar-refractivity contribution in [2.24, 2.45) is 11.7 Å². The Bertz CT molecular complexity index is 681. The van der Waals surface area contributed by atoms with Crippen molar-refractivity contribution >= 4 is 17.5 Å². The van der Waals surface area contributed by atoms with Crippen LogP contribution in [-0.2, 0) is 16.0 Å². The molecule has 2 amide bonds. The van der Waals surface area contributed by atoms with Crippen molar-refractivity contribution in [1.29, 1.82) is 0 Å². The second kappa shape index (κ2) is 8.40. The predicted octanol–water partition coefficient (Wildman–Crippen LogP) is 1.85. The van der Waals surface area contributed by atoms with E-state index in [9.17, 15) is 9.59 Å². The number of hydrogen-bond donors (Lipinski definition) is 2. The fraction of sp³-hybridized carbons (Fsp3) is 0.619. The zero-order valence-corrected chi connectivity index (χ0v) is 16.5. The fourth-order valence-corrected chi connectivity index (χ4v) is 4.12. The average Bonchev–Trinajstić information content (AvgIpc) is 2.62. The molecule has 0 bridgehead atoms. The quantitative estimate of drug-likeness (QED) is 0.845. The summed E-state index contributed by atoms with van der Waals surface area (Å²) >= 11 is 0. The first-order valence-corrected chi connectivity index (χ1v) is 10.0. The molecule has 3 rings (SSSR count). The maximum absolute atomic E-state index is 12.7. The molecule has 6 heteroatoms. The molecule has 1 heterocycles. The van der Waals surface area contributed by atoms with Gasteiger partial charge in [0.05, 0.1) is 12.3 Å². The number of hydrogen-bond acceptors (Lipinski definition) is 4. The minimum Gasteiger partial charge on any atom is -0.340 e. The van der Waals surface area contributed by atoms with Gasteiger partial charge in [-0.25, -0.2) is 0 Å². The lowest BCUT2D eigenvalue weighted by atomic mass is 9.74. The minimum atomic E-state index is -0.447. The van der Waals surface area contributed by atoms with Gasteiger partial charge < -0.3 is 20.9 Å². The molecule has 1 aromatic carbocycles. The summed E-state index contributed by atoms with van der Waals surface area (Å²) in [6.07, 6.45) is 4.21. The van der Waals surface area contributed by atoms with Gasteiger partial charge in [0.25, 0.3) is 0 Å². The van der Waals surface area contributed by atoms with Gasteiger partial charge >= 0.3 is 0 Å². The smallest absolute Gasteiger partial charge is 0.229 e. The highest BCUT2D eigenvalue weighted by Gasteiger charge is 2.37. The van der Waals surface area contributed by atoms with Gasteiger partial charge in [-0.05, 0) is 44.5 Å². The molecule has 2 unspecified atom stereocenters. The molecular weight excluding hydrogens is 340 g/mol. The van der Waals surface area contributed by atoms with E-state index in [0.29, 0.717) is 6.42 Å². The molecule has 2 atom stereocenters. The Morgan fingerprint density at radius 2 is 1.96 bits per heavy atom. The standard InChI is InChI=1S/C21H32N4O2/c1-21(22)9-4-3-8-18(21)20(27)23-17-7-5-6-16(14-17)15-19(26)25-12-10-24(2)11-13-25/h5-7,14,18H,3-4,8-13,15,22H2,1-2H3,(H,23,27). The average molecular weight is 373 g/mol. The largest absolute Gasteiger partial charge is 0.340 e. The highest BCUT2D eigenvalue weighted by atomic mass is 16.2. The molecular formula is C21H32N4O2. The number of carbonyl (C=O) groups excluding carboxylic acids is 2. The summed E-state index contributed by atoms with van der Waals surface area (Å²) < 4.78 is 0. The van der Waals surface area contributed by atoms with Gasteiger partial charge in [0.2, 0.25) is 11.8 Å². The Morgan fingerprint density at radius 1 is 1.22 bits per heavy atom. The first-order chi connectivity index (χ1) is 12.8. The highest BCUT2D eigenvalue weighted by Crippen LogP contribution is 2.32. The molecule has 1 saturated carbocycles. The molecule has 2 fully saturated rings. The topological polar surface area (TPSA) is 78.7 Å². The van der Waals surface area contributed by atoms with E-state index in [1.165, 1.54) is 0 Å². The zero-order valence-electron chi connectivity index (χ0n) is 16.5. The molecule has 0 radical (unpaired) electrons. The lowest BCUT2D eigenvalue weighted by Gasteiger charge is -2.37. The van der Waals surface area contributed by atoms with Crippen molar-refractivity contribution in [2.75, 3.05) is 38.5 Å². The van der Waals surface area contributed by atoms with Gasteiger partial charge in [-0.3, -0.25) is 9.59 Å². The van der Waals surface area contributed by atoms with E-state index in [-0.39, 0.29) is 17.7 Å². The van der Waals surface area contributed by atoms with Gasteiger partial charge in [0.15, 0.2) is 0 Å². The van der Waals surface area contributed by atoms with Gasteiger partial charge in [-0.1, -0.05) is 25.0 Å². The van der Waals surface area contributed by atoms with Crippen LogP contribution in [0.1, 0.15) is 38.2 Å². The third kappa shape index (κ3) is 5.08. The number of likely N-dealkylation sites (N-methyl/N-ethyl adjacent to an activating group) is 1. The van der Waals surface area contributed by atoms with Crippen molar-refractivity contribution in [2.45, 2.75) is 44.6 Å². The maximum Gasteiger partial charge on any atom is 0.229 e. The van der Waals surface area contributed by atoms with Crippen LogP contribution in [0.25, 0.3) is 0 Å². The SMILES string of the molecule is CN1CCN(C(=O)Cc2cccc(NC(=O)C3CCCCC3(C)N)c2)CC1. The number of nitrogens with two attached hydrogens (primary N) is 1. The summed E-state index contributed by atoms with van der Waals surface area (Å²) in [6, 6.07) is 7.61. The number of benzene rings is 1. The number of rotatable bonds is 4. The second-order valence-electron chi connectivity index (χ2n) is 8.35. The summed E-state index contributed by atoms with van der Waals surface area (Å²) in [7, 11) is 2.08. The van der Waals surface area contributed by atoms with Crippen LogP contribution in [0.5, 0.6) is 0 Å². The summed E-state index contributed by atoms with van der Waals surface area (Å²) in [6.45, 7) is 5.37. The van der Waals surface area contributed by atoms with Crippen molar-refractivity contribution in [3.8, 4) is 0 Å². The molecule has 1 aliphatic heterocycles. The van der Waals surface area contributed by atoms with E-state index in [0.717, 1.165) is 63.1 Å². The lowest BCUT2D eigenvalue weighted by Crippen LogP contribution is -2.51. The number of nitrogens with zero attached hydrogens (tertiary/aromatic N) is 2. The third-order valence-electron chi connectivity index (χ3n) is 5.98. The number of anilines is 1. The summed E-state index contributed by atoms with van der Waals surface area (Å²) in [4.78, 5) is 29.4. The number of amides is 2. The molecule has 1 aromatic rings.